The zero-order valence-electron chi connectivity index (χ0n) is 14.5. The van der Waals surface area contributed by atoms with E-state index in [1.165, 1.54) is 5.56 Å². The molecular formula is C21H25NO2. The van der Waals surface area contributed by atoms with Crippen LogP contribution in [0.4, 0.5) is 0 Å². The van der Waals surface area contributed by atoms with Crippen molar-refractivity contribution in [3.63, 3.8) is 0 Å². The molecule has 4 rings (SSSR count). The lowest BCUT2D eigenvalue weighted by Gasteiger charge is -2.42. The summed E-state index contributed by atoms with van der Waals surface area (Å²) in [7, 11) is 0. The Kier molecular flexibility index (Phi) is 3.51. The summed E-state index contributed by atoms with van der Waals surface area (Å²) in [6.07, 6.45) is 5.20. The Morgan fingerprint density at radius 3 is 2.50 bits per heavy atom. The Bertz CT molecular complexity index is 724. The van der Waals surface area contributed by atoms with Crippen LogP contribution in [-0.4, -0.2) is 33.6 Å². The molecule has 3 fully saturated rings. The van der Waals surface area contributed by atoms with Crippen LogP contribution in [0.2, 0.25) is 0 Å². The van der Waals surface area contributed by atoms with Crippen LogP contribution in [0.15, 0.2) is 24.3 Å². The monoisotopic (exact) mass is 323 g/mol. The first-order valence-electron chi connectivity index (χ1n) is 9.04. The summed E-state index contributed by atoms with van der Waals surface area (Å²) in [6.45, 7) is 4.12. The van der Waals surface area contributed by atoms with Crippen LogP contribution < -0.4 is 0 Å². The van der Waals surface area contributed by atoms with Crippen LogP contribution in [0.5, 0.6) is 0 Å². The van der Waals surface area contributed by atoms with E-state index < -0.39 is 5.60 Å². The van der Waals surface area contributed by atoms with Crippen molar-refractivity contribution in [2.75, 3.05) is 0 Å². The Hall–Kier alpha value is -1.79. The number of piperidine rings is 1. The van der Waals surface area contributed by atoms with Crippen molar-refractivity contribution in [2.24, 2.45) is 5.41 Å². The van der Waals surface area contributed by atoms with Gasteiger partial charge in [0.25, 0.3) is 0 Å². The highest BCUT2D eigenvalue weighted by Crippen LogP contribution is 2.50. The van der Waals surface area contributed by atoms with Crippen LogP contribution in [0.3, 0.4) is 0 Å². The molecule has 2 heterocycles. The fraction of sp³-hybridized carbons (Fsp3) is 0.571. The molecule has 2 atom stereocenters. The first-order chi connectivity index (χ1) is 11.4. The van der Waals surface area contributed by atoms with E-state index in [1.807, 2.05) is 31.2 Å². The lowest BCUT2D eigenvalue weighted by molar-refractivity contribution is -0.144. The number of amides is 1. The van der Waals surface area contributed by atoms with Crippen molar-refractivity contribution in [2.45, 2.75) is 70.1 Å². The molecule has 1 N–H and O–H groups in total. The number of carbonyl (C=O) groups excluding carboxylic acids is 1. The lowest BCUT2D eigenvalue weighted by atomic mass is 9.85. The maximum absolute atomic E-state index is 12.8. The van der Waals surface area contributed by atoms with E-state index in [1.54, 1.807) is 0 Å². The first-order valence-corrected chi connectivity index (χ1v) is 9.04. The van der Waals surface area contributed by atoms with Crippen LogP contribution in [0, 0.1) is 24.2 Å². The van der Waals surface area contributed by atoms with Crippen molar-refractivity contribution >= 4 is 5.91 Å². The van der Waals surface area contributed by atoms with Crippen molar-refractivity contribution in [3.05, 3.63) is 35.4 Å². The van der Waals surface area contributed by atoms with Crippen molar-refractivity contribution in [1.29, 1.82) is 0 Å². The summed E-state index contributed by atoms with van der Waals surface area (Å²) >= 11 is 0. The van der Waals surface area contributed by atoms with E-state index in [0.717, 1.165) is 31.2 Å². The predicted octanol–water partition coefficient (Wildman–Crippen LogP) is 3.03. The molecule has 2 unspecified atom stereocenters. The minimum Gasteiger partial charge on any atom is -0.377 e. The van der Waals surface area contributed by atoms with Gasteiger partial charge in [0, 0.05) is 35.9 Å². The van der Waals surface area contributed by atoms with Crippen molar-refractivity contribution in [3.8, 4) is 11.8 Å². The Balaban J connectivity index is 1.53. The Morgan fingerprint density at radius 1 is 1.25 bits per heavy atom. The van der Waals surface area contributed by atoms with Gasteiger partial charge in [0.1, 0.15) is 5.60 Å². The van der Waals surface area contributed by atoms with E-state index in [2.05, 4.69) is 23.7 Å². The van der Waals surface area contributed by atoms with Gasteiger partial charge < -0.3 is 10.0 Å². The maximum Gasteiger partial charge on any atom is 0.229 e. The SMILES string of the molecule is Cc1cccc(C#CC2(O)CC3CCC(C2)N3C(=O)C2(C)CC2)c1. The summed E-state index contributed by atoms with van der Waals surface area (Å²) in [5, 5.41) is 11.0. The first kappa shape index (κ1) is 15.7. The minimum atomic E-state index is -0.961. The standard InChI is InChI=1S/C21H25NO2/c1-15-4-3-5-16(12-15)8-9-21(24)13-17-6-7-18(14-21)22(17)19(23)20(2)10-11-20/h3-5,12,17-18,24H,6-7,10-11,13-14H2,1-2H3. The largest absolute Gasteiger partial charge is 0.377 e. The summed E-state index contributed by atoms with van der Waals surface area (Å²) in [5.74, 6) is 6.58. The second-order valence-corrected chi connectivity index (χ2v) is 8.22. The predicted molar refractivity (Wildman–Crippen MR) is 93.2 cm³/mol. The molecule has 126 valence electrons. The topological polar surface area (TPSA) is 40.5 Å². The number of hydrogen-bond donors (Lipinski definition) is 1. The molecule has 3 nitrogen and oxygen atoms in total. The highest BCUT2D eigenvalue weighted by atomic mass is 16.3. The minimum absolute atomic E-state index is 0.121. The van der Waals surface area contributed by atoms with Gasteiger partial charge in [-0.1, -0.05) is 30.9 Å². The molecule has 3 aliphatic rings. The smallest absolute Gasteiger partial charge is 0.229 e. The molecule has 2 saturated heterocycles. The molecule has 0 aromatic heterocycles. The van der Waals surface area contributed by atoms with Crippen LogP contribution in [-0.2, 0) is 4.79 Å². The average molecular weight is 323 g/mol. The average Bonchev–Trinajstić information content (AvgIpc) is 3.23. The zero-order valence-corrected chi connectivity index (χ0v) is 14.5. The lowest BCUT2D eigenvalue weighted by Crippen LogP contribution is -2.54. The molecular weight excluding hydrogens is 298 g/mol. The van der Waals surface area contributed by atoms with Crippen LogP contribution in [0.25, 0.3) is 0 Å². The van der Waals surface area contributed by atoms with E-state index in [4.69, 9.17) is 0 Å². The number of fused-ring (bicyclic) bond motifs is 2. The second kappa shape index (κ2) is 5.36. The van der Waals surface area contributed by atoms with Gasteiger partial charge in [-0.3, -0.25) is 4.79 Å². The van der Waals surface area contributed by atoms with Gasteiger partial charge in [-0.15, -0.1) is 0 Å². The molecule has 1 aromatic carbocycles. The third-order valence-electron chi connectivity index (χ3n) is 5.97. The number of rotatable bonds is 1. The molecule has 1 saturated carbocycles. The number of aryl methyl sites for hydroxylation is 1. The molecule has 2 aliphatic heterocycles. The third kappa shape index (κ3) is 2.74. The molecule has 0 radical (unpaired) electrons. The summed E-state index contributed by atoms with van der Waals surface area (Å²) < 4.78 is 0. The van der Waals surface area contributed by atoms with Crippen molar-refractivity contribution < 1.29 is 9.90 Å². The molecule has 24 heavy (non-hydrogen) atoms. The highest BCUT2D eigenvalue weighted by Gasteiger charge is 2.55. The number of nitrogens with zero attached hydrogens (tertiary/aromatic N) is 1. The van der Waals surface area contributed by atoms with Gasteiger partial charge in [-0.25, -0.2) is 0 Å². The summed E-state index contributed by atoms with van der Waals surface area (Å²) in [4.78, 5) is 14.9. The van der Waals surface area contributed by atoms with Crippen LogP contribution in [0.1, 0.15) is 56.6 Å². The number of carbonyl (C=O) groups is 1. The Morgan fingerprint density at radius 2 is 1.92 bits per heavy atom. The van der Waals surface area contributed by atoms with Crippen LogP contribution >= 0.6 is 0 Å². The van der Waals surface area contributed by atoms with Gasteiger partial charge >= 0.3 is 0 Å². The van der Waals surface area contributed by atoms with E-state index >= 15 is 0 Å². The molecule has 1 aromatic rings. The van der Waals surface area contributed by atoms with Gasteiger partial charge in [-0.05, 0) is 50.3 Å². The van der Waals surface area contributed by atoms with Gasteiger partial charge in [0.05, 0.1) is 0 Å². The molecule has 0 spiro atoms. The fourth-order valence-electron chi connectivity index (χ4n) is 4.28. The van der Waals surface area contributed by atoms with Gasteiger partial charge in [-0.2, -0.15) is 0 Å². The molecule has 1 amide bonds. The van der Waals surface area contributed by atoms with Gasteiger partial charge in [0.15, 0.2) is 0 Å². The molecule has 1 aliphatic carbocycles. The quantitative estimate of drug-likeness (QED) is 0.807. The number of aliphatic hydroxyl groups is 1. The fourth-order valence-corrected chi connectivity index (χ4v) is 4.28. The molecule has 2 bridgehead atoms. The van der Waals surface area contributed by atoms with E-state index in [9.17, 15) is 9.90 Å². The normalized spacial score (nSPS) is 32.9. The van der Waals surface area contributed by atoms with E-state index in [-0.39, 0.29) is 17.5 Å². The van der Waals surface area contributed by atoms with Gasteiger partial charge in [0.2, 0.25) is 5.91 Å². The number of hydrogen-bond acceptors (Lipinski definition) is 2. The molecule has 3 heteroatoms. The third-order valence-corrected chi connectivity index (χ3v) is 5.97. The summed E-state index contributed by atoms with van der Waals surface area (Å²) in [6, 6.07) is 8.37. The zero-order chi connectivity index (χ0) is 16.9. The Labute approximate surface area is 144 Å². The van der Waals surface area contributed by atoms with E-state index in [0.29, 0.717) is 18.7 Å². The highest BCUT2D eigenvalue weighted by molar-refractivity contribution is 5.86. The summed E-state index contributed by atoms with van der Waals surface area (Å²) in [5.41, 5.74) is 1.03. The second-order valence-electron chi connectivity index (χ2n) is 8.22. The van der Waals surface area contributed by atoms with Crippen molar-refractivity contribution in [1.82, 2.24) is 4.90 Å². The number of benzene rings is 1. The maximum atomic E-state index is 12.8.